The molecular weight excluding hydrogens is 224 g/mol. The molecule has 1 aromatic carbocycles. The number of carbonyl (C=O) groups excluding carboxylic acids is 1. The summed E-state index contributed by atoms with van der Waals surface area (Å²) in [4.78, 5) is 22.4. The Bertz CT molecular complexity index is 420. The molecule has 0 unspecified atom stereocenters. The minimum Gasteiger partial charge on any atom is -0.516 e. The van der Waals surface area contributed by atoms with Crippen molar-refractivity contribution < 1.29 is 19.1 Å². The zero-order chi connectivity index (χ0) is 12.3. The zero-order valence-corrected chi connectivity index (χ0v) is 10.5. The highest BCUT2D eigenvalue weighted by Crippen LogP contribution is 2.11. The first-order chi connectivity index (χ1) is 7.29. The maximum absolute atomic E-state index is 11.7. The van der Waals surface area contributed by atoms with Gasteiger partial charge in [0.05, 0.1) is 11.1 Å². The van der Waals surface area contributed by atoms with Gasteiger partial charge in [-0.3, -0.25) is 0 Å². The molecule has 1 N–H and O–H groups in total. The van der Waals surface area contributed by atoms with Crippen LogP contribution in [0.2, 0.25) is 19.6 Å². The van der Waals surface area contributed by atoms with Crippen molar-refractivity contribution in [3.8, 4) is 0 Å². The summed E-state index contributed by atoms with van der Waals surface area (Å²) in [6, 6.07) is 5.84. The molecule has 0 aliphatic rings. The number of benzene rings is 1. The molecule has 0 bridgehead atoms. The Morgan fingerprint density at radius 3 is 2.25 bits per heavy atom. The van der Waals surface area contributed by atoms with Gasteiger partial charge in [-0.1, -0.05) is 6.07 Å². The van der Waals surface area contributed by atoms with Crippen LogP contribution in [0.4, 0.5) is 0 Å². The molecule has 0 radical (unpaired) electrons. The summed E-state index contributed by atoms with van der Waals surface area (Å²) in [5, 5.41) is 8.78. The third-order valence-corrected chi connectivity index (χ3v) is 2.54. The van der Waals surface area contributed by atoms with Crippen LogP contribution >= 0.6 is 0 Å². The third kappa shape index (κ3) is 3.51. The average molecular weight is 238 g/mol. The zero-order valence-electron chi connectivity index (χ0n) is 9.48. The van der Waals surface area contributed by atoms with E-state index in [4.69, 9.17) is 9.53 Å². The van der Waals surface area contributed by atoms with Crippen molar-refractivity contribution in [1.82, 2.24) is 0 Å². The summed E-state index contributed by atoms with van der Waals surface area (Å²) >= 11 is 0. The lowest BCUT2D eigenvalue weighted by Crippen LogP contribution is -2.29. The normalized spacial score (nSPS) is 10.9. The van der Waals surface area contributed by atoms with Crippen LogP contribution in [-0.2, 0) is 4.43 Å². The molecule has 0 saturated carbocycles. The van der Waals surface area contributed by atoms with Gasteiger partial charge < -0.3 is 9.53 Å². The summed E-state index contributed by atoms with van der Waals surface area (Å²) in [5.41, 5.74) is 0.368. The van der Waals surface area contributed by atoms with Gasteiger partial charge in [0.15, 0.2) is 0 Å². The van der Waals surface area contributed by atoms with Gasteiger partial charge in [0.2, 0.25) is 8.32 Å². The largest absolute Gasteiger partial charge is 0.516 e. The second-order valence-corrected chi connectivity index (χ2v) is 8.82. The Kier molecular flexibility index (Phi) is 3.49. The number of carbonyl (C=O) groups is 2. The molecule has 1 aromatic rings. The van der Waals surface area contributed by atoms with E-state index in [1.165, 1.54) is 18.2 Å². The molecule has 0 amide bonds. The van der Waals surface area contributed by atoms with Gasteiger partial charge in [-0.05, 0) is 37.8 Å². The number of rotatable bonds is 3. The molecule has 0 fully saturated rings. The summed E-state index contributed by atoms with van der Waals surface area (Å²) in [5.74, 6) is -1.51. The lowest BCUT2D eigenvalue weighted by Gasteiger charge is -2.17. The maximum Gasteiger partial charge on any atom is 0.335 e. The fraction of sp³-hybridized carbons (Fsp3) is 0.273. The third-order valence-electron chi connectivity index (χ3n) is 1.74. The van der Waals surface area contributed by atoms with Crippen LogP contribution in [0.1, 0.15) is 20.7 Å². The monoisotopic (exact) mass is 238 g/mol. The van der Waals surface area contributed by atoms with Crippen molar-refractivity contribution in [2.75, 3.05) is 0 Å². The first-order valence-electron chi connectivity index (χ1n) is 4.86. The molecule has 0 heterocycles. The number of hydrogen-bond acceptors (Lipinski definition) is 3. The predicted octanol–water partition coefficient (Wildman–Crippen LogP) is 2.38. The second-order valence-electron chi connectivity index (χ2n) is 4.39. The van der Waals surface area contributed by atoms with E-state index in [1.807, 2.05) is 19.6 Å². The van der Waals surface area contributed by atoms with E-state index in [1.54, 1.807) is 6.07 Å². The van der Waals surface area contributed by atoms with E-state index in [0.29, 0.717) is 0 Å². The first kappa shape index (κ1) is 12.4. The van der Waals surface area contributed by atoms with Crippen molar-refractivity contribution in [3.63, 3.8) is 0 Å². The number of carboxylic acid groups (broad SMARTS) is 1. The van der Waals surface area contributed by atoms with E-state index in [0.717, 1.165) is 0 Å². The molecule has 0 aromatic heterocycles. The van der Waals surface area contributed by atoms with E-state index in [-0.39, 0.29) is 11.1 Å². The van der Waals surface area contributed by atoms with Crippen LogP contribution in [0.3, 0.4) is 0 Å². The van der Waals surface area contributed by atoms with Crippen LogP contribution in [0.5, 0.6) is 0 Å². The summed E-state index contributed by atoms with van der Waals surface area (Å²) < 4.78 is 5.27. The molecule has 0 spiro atoms. The second kappa shape index (κ2) is 4.48. The van der Waals surface area contributed by atoms with Gasteiger partial charge in [-0.2, -0.15) is 0 Å². The number of hydrogen-bond donors (Lipinski definition) is 1. The van der Waals surface area contributed by atoms with Gasteiger partial charge in [0.25, 0.3) is 0 Å². The van der Waals surface area contributed by atoms with Gasteiger partial charge in [-0.15, -0.1) is 0 Å². The molecule has 0 aliphatic carbocycles. The topological polar surface area (TPSA) is 63.6 Å². The Morgan fingerprint density at radius 2 is 1.75 bits per heavy atom. The molecule has 86 valence electrons. The Labute approximate surface area is 95.0 Å². The van der Waals surface area contributed by atoms with Crippen molar-refractivity contribution in [2.24, 2.45) is 0 Å². The lowest BCUT2D eigenvalue weighted by molar-refractivity contribution is 0.0697. The first-order valence-corrected chi connectivity index (χ1v) is 8.27. The Balaban J connectivity index is 2.92. The van der Waals surface area contributed by atoms with Crippen LogP contribution < -0.4 is 0 Å². The van der Waals surface area contributed by atoms with E-state index in [2.05, 4.69) is 0 Å². The fourth-order valence-corrected chi connectivity index (χ4v) is 1.79. The highest BCUT2D eigenvalue weighted by Gasteiger charge is 2.21. The highest BCUT2D eigenvalue weighted by atomic mass is 28.4. The van der Waals surface area contributed by atoms with Gasteiger partial charge in [0.1, 0.15) is 0 Å². The van der Waals surface area contributed by atoms with Crippen molar-refractivity contribution >= 4 is 20.3 Å². The lowest BCUT2D eigenvalue weighted by atomic mass is 10.1. The van der Waals surface area contributed by atoms with Gasteiger partial charge in [-0.25, -0.2) is 9.59 Å². The fourth-order valence-electron chi connectivity index (χ4n) is 1.12. The van der Waals surface area contributed by atoms with Crippen LogP contribution in [0.15, 0.2) is 24.3 Å². The molecule has 4 nitrogen and oxygen atoms in total. The van der Waals surface area contributed by atoms with Gasteiger partial charge >= 0.3 is 11.9 Å². The SMILES string of the molecule is C[Si](C)(C)OC(=O)c1cccc(C(=O)O)c1. The number of aromatic carboxylic acids is 1. The summed E-state index contributed by atoms with van der Waals surface area (Å²) in [7, 11) is -1.94. The van der Waals surface area contributed by atoms with Crippen molar-refractivity contribution in [2.45, 2.75) is 19.6 Å². The van der Waals surface area contributed by atoms with Crippen molar-refractivity contribution in [1.29, 1.82) is 0 Å². The molecule has 16 heavy (non-hydrogen) atoms. The molecule has 1 rings (SSSR count). The standard InChI is InChI=1S/C11H14O4Si/c1-16(2,3)15-11(14)9-6-4-5-8(7-9)10(12)13/h4-7H,1-3H3,(H,12,13). The molecule has 0 atom stereocenters. The minimum absolute atomic E-state index is 0.0880. The predicted molar refractivity (Wildman–Crippen MR) is 62.2 cm³/mol. The van der Waals surface area contributed by atoms with E-state index < -0.39 is 20.3 Å². The quantitative estimate of drug-likeness (QED) is 0.821. The van der Waals surface area contributed by atoms with Crippen molar-refractivity contribution in [3.05, 3.63) is 35.4 Å². The molecular formula is C11H14O4Si. The molecule has 0 aliphatic heterocycles. The minimum atomic E-state index is -1.94. The molecule has 0 saturated heterocycles. The average Bonchev–Trinajstić information content (AvgIpc) is 2.15. The Hall–Kier alpha value is -1.62. The van der Waals surface area contributed by atoms with E-state index in [9.17, 15) is 9.59 Å². The van der Waals surface area contributed by atoms with Crippen LogP contribution in [-0.4, -0.2) is 25.4 Å². The highest BCUT2D eigenvalue weighted by molar-refractivity contribution is 6.71. The van der Waals surface area contributed by atoms with E-state index >= 15 is 0 Å². The number of carboxylic acids is 1. The maximum atomic E-state index is 11.7. The Morgan fingerprint density at radius 1 is 1.19 bits per heavy atom. The summed E-state index contributed by atoms with van der Waals surface area (Å²) in [6.07, 6.45) is 0. The van der Waals surface area contributed by atoms with Crippen LogP contribution in [0.25, 0.3) is 0 Å². The molecule has 5 heteroatoms. The van der Waals surface area contributed by atoms with Crippen LogP contribution in [0, 0.1) is 0 Å². The smallest absolute Gasteiger partial charge is 0.335 e. The summed E-state index contributed by atoms with van der Waals surface area (Å²) in [6.45, 7) is 5.68. The van der Waals surface area contributed by atoms with Gasteiger partial charge in [0, 0.05) is 0 Å².